The molecule has 0 spiro atoms. The molecule has 0 atom stereocenters. The standard InChI is InChI=1S/C24H17N7O3/c32-23(14-16-4-6-20(7-5-16)31(33)34)26-19-3-1-2-18(15-19)21-8-9-22-27-28-24(30(22)29-21)17-10-12-25-13-11-17/h1-13,15H,14H2,(H,26,32). The minimum absolute atomic E-state index is 0.0125. The molecule has 0 fully saturated rings. The number of carbonyl (C=O) groups is 1. The molecule has 10 heteroatoms. The molecule has 34 heavy (non-hydrogen) atoms. The number of anilines is 1. The number of fused-ring (bicyclic) bond motifs is 1. The van der Waals surface area contributed by atoms with Crippen LogP contribution in [0.25, 0.3) is 28.3 Å². The summed E-state index contributed by atoms with van der Waals surface area (Å²) in [6.07, 6.45) is 3.47. The van der Waals surface area contributed by atoms with Crippen molar-refractivity contribution in [1.82, 2.24) is 24.8 Å². The Balaban J connectivity index is 1.36. The maximum Gasteiger partial charge on any atom is 0.269 e. The van der Waals surface area contributed by atoms with Gasteiger partial charge in [0.2, 0.25) is 5.91 Å². The first-order chi connectivity index (χ1) is 16.6. The lowest BCUT2D eigenvalue weighted by molar-refractivity contribution is -0.384. The lowest BCUT2D eigenvalue weighted by atomic mass is 10.1. The van der Waals surface area contributed by atoms with E-state index in [0.29, 0.717) is 28.4 Å². The van der Waals surface area contributed by atoms with E-state index in [1.54, 1.807) is 35.1 Å². The number of carbonyl (C=O) groups excluding carboxylic acids is 1. The van der Waals surface area contributed by atoms with Crippen molar-refractivity contribution in [3.8, 4) is 22.6 Å². The summed E-state index contributed by atoms with van der Waals surface area (Å²) in [7, 11) is 0. The number of hydrogen-bond donors (Lipinski definition) is 1. The van der Waals surface area contributed by atoms with Crippen molar-refractivity contribution in [2.75, 3.05) is 5.32 Å². The molecule has 1 amide bonds. The Labute approximate surface area is 193 Å². The maximum atomic E-state index is 12.5. The molecule has 10 nitrogen and oxygen atoms in total. The second kappa shape index (κ2) is 8.87. The van der Waals surface area contributed by atoms with Crippen LogP contribution < -0.4 is 5.32 Å². The number of amides is 1. The minimum atomic E-state index is -0.472. The molecular formula is C24H17N7O3. The predicted octanol–water partition coefficient (Wildman–Crippen LogP) is 3.94. The Morgan fingerprint density at radius 2 is 1.74 bits per heavy atom. The van der Waals surface area contributed by atoms with Gasteiger partial charge >= 0.3 is 0 Å². The van der Waals surface area contributed by atoms with Crippen LogP contribution in [0.3, 0.4) is 0 Å². The molecule has 0 aliphatic rings. The van der Waals surface area contributed by atoms with Crippen LogP contribution in [0.1, 0.15) is 5.56 Å². The van der Waals surface area contributed by atoms with Crippen LogP contribution in [0.4, 0.5) is 11.4 Å². The number of pyridine rings is 1. The average Bonchev–Trinajstić information content (AvgIpc) is 3.28. The van der Waals surface area contributed by atoms with E-state index in [1.165, 1.54) is 12.1 Å². The highest BCUT2D eigenvalue weighted by Gasteiger charge is 2.12. The molecule has 2 aromatic carbocycles. The zero-order valence-electron chi connectivity index (χ0n) is 17.7. The van der Waals surface area contributed by atoms with E-state index in [0.717, 1.165) is 11.1 Å². The lowest BCUT2D eigenvalue weighted by Crippen LogP contribution is -2.14. The van der Waals surface area contributed by atoms with Crippen LogP contribution in [0.2, 0.25) is 0 Å². The number of benzene rings is 2. The quantitative estimate of drug-likeness (QED) is 0.306. The number of rotatable bonds is 6. The van der Waals surface area contributed by atoms with Gasteiger partial charge in [0.1, 0.15) is 0 Å². The summed E-state index contributed by atoms with van der Waals surface area (Å²) in [5.74, 6) is 0.375. The number of nitrogens with zero attached hydrogens (tertiary/aromatic N) is 6. The first kappa shape index (κ1) is 20.9. The van der Waals surface area contributed by atoms with Gasteiger partial charge in [0, 0.05) is 41.3 Å². The third-order valence-electron chi connectivity index (χ3n) is 5.16. The molecular weight excluding hydrogens is 434 g/mol. The Bertz CT molecular complexity index is 1500. The van der Waals surface area contributed by atoms with Crippen LogP contribution in [0.15, 0.2) is 85.2 Å². The van der Waals surface area contributed by atoms with E-state index in [1.807, 2.05) is 42.5 Å². The van der Waals surface area contributed by atoms with Gasteiger partial charge in [0.25, 0.3) is 5.69 Å². The Hall–Kier alpha value is -4.99. The van der Waals surface area contributed by atoms with Gasteiger partial charge in [-0.3, -0.25) is 19.9 Å². The highest BCUT2D eigenvalue weighted by molar-refractivity contribution is 5.92. The molecule has 0 aliphatic heterocycles. The number of non-ortho nitro benzene ring substituents is 1. The van der Waals surface area contributed by atoms with Gasteiger partial charge < -0.3 is 5.32 Å². The summed E-state index contributed by atoms with van der Waals surface area (Å²) < 4.78 is 1.67. The molecule has 5 rings (SSSR count). The number of nitrogens with one attached hydrogen (secondary N) is 1. The molecule has 0 bridgehead atoms. The molecule has 3 heterocycles. The Kier molecular flexibility index (Phi) is 5.45. The molecule has 0 radical (unpaired) electrons. The van der Waals surface area contributed by atoms with Crippen molar-refractivity contribution in [1.29, 1.82) is 0 Å². The monoisotopic (exact) mass is 451 g/mol. The topological polar surface area (TPSA) is 128 Å². The molecule has 1 N–H and O–H groups in total. The number of aromatic nitrogens is 5. The summed E-state index contributed by atoms with van der Waals surface area (Å²) in [6.45, 7) is 0. The number of nitro groups is 1. The first-order valence-corrected chi connectivity index (χ1v) is 10.3. The average molecular weight is 451 g/mol. The van der Waals surface area contributed by atoms with Gasteiger partial charge in [-0.2, -0.15) is 9.61 Å². The van der Waals surface area contributed by atoms with E-state index >= 15 is 0 Å². The highest BCUT2D eigenvalue weighted by atomic mass is 16.6. The van der Waals surface area contributed by atoms with Crippen molar-refractivity contribution in [3.05, 3.63) is 101 Å². The molecule has 0 unspecified atom stereocenters. The zero-order valence-corrected chi connectivity index (χ0v) is 17.7. The van der Waals surface area contributed by atoms with Gasteiger partial charge in [0.15, 0.2) is 11.5 Å². The summed E-state index contributed by atoms with van der Waals surface area (Å²) in [6, 6.07) is 20.6. The van der Waals surface area contributed by atoms with E-state index < -0.39 is 4.92 Å². The lowest BCUT2D eigenvalue weighted by Gasteiger charge is -2.08. The van der Waals surface area contributed by atoms with Crippen molar-refractivity contribution < 1.29 is 9.72 Å². The van der Waals surface area contributed by atoms with Crippen LogP contribution in [-0.4, -0.2) is 35.6 Å². The molecule has 0 saturated carbocycles. The molecule has 3 aromatic heterocycles. The maximum absolute atomic E-state index is 12.5. The fraction of sp³-hybridized carbons (Fsp3) is 0.0417. The van der Waals surface area contributed by atoms with Crippen LogP contribution in [0, 0.1) is 10.1 Å². The highest BCUT2D eigenvalue weighted by Crippen LogP contribution is 2.23. The number of hydrogen-bond acceptors (Lipinski definition) is 7. The molecule has 5 aromatic rings. The SMILES string of the molecule is O=C(Cc1ccc([N+](=O)[O-])cc1)Nc1cccc(-c2ccc3nnc(-c4ccncc4)n3n2)c1. The Morgan fingerprint density at radius 3 is 2.50 bits per heavy atom. The summed E-state index contributed by atoms with van der Waals surface area (Å²) in [5.41, 5.74) is 4.24. The van der Waals surface area contributed by atoms with Crippen LogP contribution in [0.5, 0.6) is 0 Å². The smallest absolute Gasteiger partial charge is 0.269 e. The predicted molar refractivity (Wildman–Crippen MR) is 125 cm³/mol. The van der Waals surface area contributed by atoms with Gasteiger partial charge in [0.05, 0.1) is 17.0 Å². The fourth-order valence-electron chi connectivity index (χ4n) is 3.51. The minimum Gasteiger partial charge on any atom is -0.326 e. The molecule has 0 aliphatic carbocycles. The van der Waals surface area contributed by atoms with E-state index in [9.17, 15) is 14.9 Å². The van der Waals surface area contributed by atoms with Crippen LogP contribution >= 0.6 is 0 Å². The van der Waals surface area contributed by atoms with Crippen molar-refractivity contribution in [3.63, 3.8) is 0 Å². The largest absolute Gasteiger partial charge is 0.326 e. The summed E-state index contributed by atoms with van der Waals surface area (Å²) in [4.78, 5) is 26.8. The van der Waals surface area contributed by atoms with Gasteiger partial charge in [-0.1, -0.05) is 24.3 Å². The molecule has 166 valence electrons. The molecule has 0 saturated heterocycles. The van der Waals surface area contributed by atoms with Gasteiger partial charge in [-0.05, 0) is 42.0 Å². The van der Waals surface area contributed by atoms with Gasteiger partial charge in [-0.25, -0.2) is 0 Å². The number of nitro benzene ring substituents is 1. The van der Waals surface area contributed by atoms with E-state index in [2.05, 4.69) is 20.5 Å². The van der Waals surface area contributed by atoms with E-state index in [4.69, 9.17) is 5.10 Å². The van der Waals surface area contributed by atoms with Gasteiger partial charge in [-0.15, -0.1) is 10.2 Å². The summed E-state index contributed by atoms with van der Waals surface area (Å²) in [5, 5.41) is 26.8. The van der Waals surface area contributed by atoms with Crippen molar-refractivity contribution in [2.45, 2.75) is 6.42 Å². The second-order valence-electron chi connectivity index (χ2n) is 7.48. The second-order valence-corrected chi connectivity index (χ2v) is 7.48. The summed E-state index contributed by atoms with van der Waals surface area (Å²) >= 11 is 0. The zero-order chi connectivity index (χ0) is 23.5. The fourth-order valence-corrected chi connectivity index (χ4v) is 3.51. The van der Waals surface area contributed by atoms with Crippen LogP contribution in [-0.2, 0) is 11.2 Å². The third kappa shape index (κ3) is 4.32. The van der Waals surface area contributed by atoms with Crippen molar-refractivity contribution in [2.24, 2.45) is 0 Å². The Morgan fingerprint density at radius 1 is 0.941 bits per heavy atom. The first-order valence-electron chi connectivity index (χ1n) is 10.3. The van der Waals surface area contributed by atoms with Crippen molar-refractivity contribution >= 4 is 22.9 Å². The normalized spacial score (nSPS) is 10.8. The third-order valence-corrected chi connectivity index (χ3v) is 5.16. The van der Waals surface area contributed by atoms with E-state index in [-0.39, 0.29) is 18.0 Å².